The largest absolute Gasteiger partial charge is 0.497 e. The zero-order valence-electron chi connectivity index (χ0n) is 17.7. The van der Waals surface area contributed by atoms with E-state index in [0.29, 0.717) is 28.8 Å². The van der Waals surface area contributed by atoms with E-state index in [1.54, 1.807) is 31.1 Å². The summed E-state index contributed by atoms with van der Waals surface area (Å²) in [6.45, 7) is 0. The maximum absolute atomic E-state index is 5.46. The highest BCUT2D eigenvalue weighted by Gasteiger charge is 2.16. The van der Waals surface area contributed by atoms with Gasteiger partial charge in [-0.1, -0.05) is 54.6 Å². The molecule has 0 fully saturated rings. The molecule has 0 saturated carbocycles. The first-order chi connectivity index (χ1) is 15.8. The van der Waals surface area contributed by atoms with Gasteiger partial charge in [0.2, 0.25) is 5.95 Å². The highest BCUT2D eigenvalue weighted by molar-refractivity contribution is 5.87. The third-order valence-electron chi connectivity index (χ3n) is 5.17. The van der Waals surface area contributed by atoms with Gasteiger partial charge in [0.1, 0.15) is 17.2 Å². The number of fused-ring (bicyclic) bond motifs is 1. The fraction of sp³-hybridized carbons (Fsp3) is 0.0800. The van der Waals surface area contributed by atoms with Crippen molar-refractivity contribution in [2.45, 2.75) is 0 Å². The number of nitrogens with zero attached hydrogens (tertiary/aromatic N) is 4. The van der Waals surface area contributed by atoms with Crippen LogP contribution < -0.4 is 14.8 Å². The smallest absolute Gasteiger partial charge is 0.247 e. The van der Waals surface area contributed by atoms with Crippen LogP contribution in [0.25, 0.3) is 28.0 Å². The first kappa shape index (κ1) is 19.6. The molecule has 0 saturated heterocycles. The number of methoxy groups -OCH3 is 2. The summed E-state index contributed by atoms with van der Waals surface area (Å²) in [6.07, 6.45) is 3.51. The van der Waals surface area contributed by atoms with Gasteiger partial charge in [-0.2, -0.15) is 4.98 Å². The lowest BCUT2D eigenvalue weighted by Crippen LogP contribution is -1.97. The van der Waals surface area contributed by atoms with Gasteiger partial charge < -0.3 is 14.8 Å². The molecule has 2 heterocycles. The molecule has 0 spiro atoms. The van der Waals surface area contributed by atoms with Crippen molar-refractivity contribution >= 4 is 17.3 Å². The number of aromatic nitrogens is 4. The lowest BCUT2D eigenvalue weighted by Gasteiger charge is -2.10. The molecular formula is C25H21N5O2. The van der Waals surface area contributed by atoms with Crippen molar-refractivity contribution in [1.29, 1.82) is 0 Å². The van der Waals surface area contributed by atoms with Gasteiger partial charge in [0, 0.05) is 24.0 Å². The summed E-state index contributed by atoms with van der Waals surface area (Å²) in [7, 11) is 3.24. The van der Waals surface area contributed by atoms with Crippen LogP contribution in [0.5, 0.6) is 11.5 Å². The van der Waals surface area contributed by atoms with Crippen molar-refractivity contribution in [2.75, 3.05) is 19.5 Å². The van der Waals surface area contributed by atoms with E-state index in [0.717, 1.165) is 22.4 Å². The molecule has 158 valence electrons. The molecule has 7 nitrogen and oxygen atoms in total. The minimum Gasteiger partial charge on any atom is -0.497 e. The van der Waals surface area contributed by atoms with Crippen molar-refractivity contribution in [3.63, 3.8) is 0 Å². The van der Waals surface area contributed by atoms with E-state index in [2.05, 4.69) is 39.7 Å². The topological polar surface area (TPSA) is 73.6 Å². The van der Waals surface area contributed by atoms with Gasteiger partial charge in [0.05, 0.1) is 19.9 Å². The van der Waals surface area contributed by atoms with Crippen molar-refractivity contribution in [1.82, 2.24) is 19.6 Å². The van der Waals surface area contributed by atoms with Crippen LogP contribution >= 0.6 is 0 Å². The van der Waals surface area contributed by atoms with Gasteiger partial charge in [-0.05, 0) is 23.3 Å². The molecule has 0 aliphatic rings. The highest BCUT2D eigenvalue weighted by Crippen LogP contribution is 2.34. The first-order valence-corrected chi connectivity index (χ1v) is 10.1. The van der Waals surface area contributed by atoms with E-state index in [-0.39, 0.29) is 0 Å². The van der Waals surface area contributed by atoms with Gasteiger partial charge in [-0.15, -0.1) is 5.10 Å². The number of rotatable bonds is 6. The van der Waals surface area contributed by atoms with Crippen molar-refractivity contribution in [2.24, 2.45) is 0 Å². The van der Waals surface area contributed by atoms with E-state index >= 15 is 0 Å². The number of nitrogens with one attached hydrogen (secondary N) is 1. The lowest BCUT2D eigenvalue weighted by atomic mass is 9.98. The predicted octanol–water partition coefficient (Wildman–Crippen LogP) is 5.22. The zero-order valence-corrected chi connectivity index (χ0v) is 17.7. The van der Waals surface area contributed by atoms with Crippen LogP contribution in [0.2, 0.25) is 0 Å². The molecule has 7 heteroatoms. The monoisotopic (exact) mass is 423 g/mol. The molecule has 0 aliphatic heterocycles. The summed E-state index contributed by atoms with van der Waals surface area (Å²) in [5.41, 5.74) is 5.31. The zero-order chi connectivity index (χ0) is 21.9. The Balaban J connectivity index is 1.59. The number of hydrogen-bond acceptors (Lipinski definition) is 6. The highest BCUT2D eigenvalue weighted by atomic mass is 16.5. The quantitative estimate of drug-likeness (QED) is 0.404. The maximum Gasteiger partial charge on any atom is 0.247 e. The van der Waals surface area contributed by atoms with Crippen LogP contribution in [0.15, 0.2) is 85.2 Å². The molecule has 0 aliphatic carbocycles. The average molecular weight is 423 g/mol. The van der Waals surface area contributed by atoms with E-state index in [4.69, 9.17) is 14.5 Å². The van der Waals surface area contributed by atoms with Gasteiger partial charge in [-0.25, -0.2) is 4.52 Å². The van der Waals surface area contributed by atoms with Crippen molar-refractivity contribution < 1.29 is 9.47 Å². The summed E-state index contributed by atoms with van der Waals surface area (Å²) >= 11 is 0. The molecule has 0 atom stereocenters. The molecular weight excluding hydrogens is 402 g/mol. The van der Waals surface area contributed by atoms with Crippen LogP contribution in [0, 0.1) is 0 Å². The Morgan fingerprint density at radius 3 is 2.41 bits per heavy atom. The van der Waals surface area contributed by atoms with Crippen LogP contribution in [0.3, 0.4) is 0 Å². The Labute approximate surface area is 185 Å². The molecule has 2 aromatic heterocycles. The molecule has 0 unspecified atom stereocenters. The fourth-order valence-electron chi connectivity index (χ4n) is 3.65. The second-order valence-electron chi connectivity index (χ2n) is 7.08. The van der Waals surface area contributed by atoms with Gasteiger partial charge in [0.15, 0.2) is 5.65 Å². The average Bonchev–Trinajstić information content (AvgIpc) is 3.27. The minimum absolute atomic E-state index is 0.433. The number of hydrogen-bond donors (Lipinski definition) is 1. The Kier molecular flexibility index (Phi) is 5.13. The normalized spacial score (nSPS) is 10.8. The molecule has 3 aromatic carbocycles. The summed E-state index contributed by atoms with van der Waals surface area (Å²) in [4.78, 5) is 9.38. The number of anilines is 2. The maximum atomic E-state index is 5.46. The first-order valence-electron chi connectivity index (χ1n) is 10.1. The Morgan fingerprint density at radius 1 is 0.844 bits per heavy atom. The Bertz CT molecular complexity index is 1380. The van der Waals surface area contributed by atoms with E-state index in [1.165, 1.54) is 0 Å². The van der Waals surface area contributed by atoms with Crippen molar-refractivity contribution in [3.05, 3.63) is 85.2 Å². The van der Waals surface area contributed by atoms with E-state index < -0.39 is 0 Å². The van der Waals surface area contributed by atoms with Crippen LogP contribution in [0.1, 0.15) is 0 Å². The Morgan fingerprint density at radius 2 is 1.62 bits per heavy atom. The van der Waals surface area contributed by atoms with E-state index in [9.17, 15) is 0 Å². The minimum atomic E-state index is 0.433. The summed E-state index contributed by atoms with van der Waals surface area (Å²) in [5.74, 6) is 1.80. The Hall–Kier alpha value is -4.39. The number of ether oxygens (including phenoxy) is 2. The van der Waals surface area contributed by atoms with Crippen molar-refractivity contribution in [3.8, 4) is 33.9 Å². The summed E-state index contributed by atoms with van der Waals surface area (Å²) in [5, 5.41) is 7.82. The molecule has 0 bridgehead atoms. The standard InChI is InChI=1S/C25H21N5O2/c1-31-18-12-13-22(32-2)21(16-18)27-25-28-24-23(26-14-15-30(24)29-25)20-11-7-6-10-19(20)17-8-4-3-5-9-17/h3-16H,1-2H3,(H,27,29). The molecule has 0 radical (unpaired) electrons. The fourth-order valence-corrected chi connectivity index (χ4v) is 3.65. The SMILES string of the molecule is COc1ccc(OC)c(Nc2nc3c(-c4ccccc4-c4ccccc4)nccn3n2)c1. The van der Waals surface area contributed by atoms with Gasteiger partial charge in [0.25, 0.3) is 0 Å². The van der Waals surface area contributed by atoms with E-state index in [1.807, 2.05) is 48.5 Å². The lowest BCUT2D eigenvalue weighted by molar-refractivity contribution is 0.405. The van der Waals surface area contributed by atoms with Crippen LogP contribution in [0.4, 0.5) is 11.6 Å². The molecule has 5 rings (SSSR count). The van der Waals surface area contributed by atoms with Crippen LogP contribution in [-0.4, -0.2) is 33.8 Å². The third-order valence-corrected chi connectivity index (χ3v) is 5.17. The molecule has 32 heavy (non-hydrogen) atoms. The second kappa shape index (κ2) is 8.39. The molecule has 5 aromatic rings. The molecule has 0 amide bonds. The summed E-state index contributed by atoms with van der Waals surface area (Å²) < 4.78 is 12.5. The second-order valence-corrected chi connectivity index (χ2v) is 7.08. The van der Waals surface area contributed by atoms with Crippen LogP contribution in [-0.2, 0) is 0 Å². The third kappa shape index (κ3) is 3.60. The molecule has 1 N–H and O–H groups in total. The van der Waals surface area contributed by atoms with Gasteiger partial charge in [-0.3, -0.25) is 4.98 Å². The number of benzene rings is 3. The summed E-state index contributed by atoms with van der Waals surface area (Å²) in [6, 6.07) is 23.9. The predicted molar refractivity (Wildman–Crippen MR) is 124 cm³/mol. The van der Waals surface area contributed by atoms with Gasteiger partial charge >= 0.3 is 0 Å².